The number of carbonyl (C=O) groups excluding carboxylic acids is 1. The Morgan fingerprint density at radius 1 is 1.24 bits per heavy atom. The molecule has 0 fully saturated rings. The van der Waals surface area contributed by atoms with E-state index in [1.807, 2.05) is 0 Å². The second kappa shape index (κ2) is 6.77. The Bertz CT molecular complexity index is 876. The fourth-order valence-corrected chi connectivity index (χ4v) is 3.51. The largest absolute Gasteiger partial charge is 0.496 e. The van der Waals surface area contributed by atoms with Crippen LogP contribution >= 0.6 is 0 Å². The van der Waals surface area contributed by atoms with Gasteiger partial charge in [0.05, 0.1) is 13.2 Å². The summed E-state index contributed by atoms with van der Waals surface area (Å²) in [6.07, 6.45) is 5.58. The summed E-state index contributed by atoms with van der Waals surface area (Å²) in [5.74, 6) is -0.424. The molecule has 0 radical (unpaired) electrons. The molecule has 3 unspecified atom stereocenters. The number of ether oxygens (including phenoxy) is 1. The molecule has 0 saturated carbocycles. The number of methoxy groups -OCH3 is 1. The molecule has 3 rings (SSSR count). The van der Waals surface area contributed by atoms with Crippen LogP contribution in [0.15, 0.2) is 46.5 Å². The molecule has 2 N–H and O–H groups in total. The molecule has 132 valence electrons. The van der Waals surface area contributed by atoms with Crippen molar-refractivity contribution in [2.24, 2.45) is 15.9 Å². The summed E-state index contributed by atoms with van der Waals surface area (Å²) in [5.41, 5.74) is -0.534. The molecule has 2 aliphatic rings. The smallest absolute Gasteiger partial charge is 0.236 e. The van der Waals surface area contributed by atoms with Crippen LogP contribution in [0.2, 0.25) is 0 Å². The first-order chi connectivity index (χ1) is 11.9. The van der Waals surface area contributed by atoms with Gasteiger partial charge in [-0.1, -0.05) is 18.2 Å². The zero-order chi connectivity index (χ0) is 18.0. The fraction of sp³-hybridized carbons (Fsp3) is 0.312. The number of para-hydroxylation sites is 1. The molecular weight excluding hydrogens is 344 g/mol. The molecule has 1 aromatic rings. The summed E-state index contributed by atoms with van der Waals surface area (Å²) < 4.78 is 29.5. The molecule has 0 aromatic heterocycles. The first kappa shape index (κ1) is 17.3. The number of sulfone groups is 1. The van der Waals surface area contributed by atoms with Crippen LogP contribution in [0, 0.1) is 5.92 Å². The Morgan fingerprint density at radius 3 is 2.72 bits per heavy atom. The van der Waals surface area contributed by atoms with Crippen molar-refractivity contribution in [3.05, 3.63) is 42.1 Å². The first-order valence-electron chi connectivity index (χ1n) is 7.57. The molecule has 1 amide bonds. The van der Waals surface area contributed by atoms with E-state index in [4.69, 9.17) is 4.74 Å². The monoisotopic (exact) mass is 362 g/mol. The van der Waals surface area contributed by atoms with Crippen LogP contribution in [0.3, 0.4) is 0 Å². The molecule has 1 aromatic carbocycles. The van der Waals surface area contributed by atoms with E-state index >= 15 is 0 Å². The average Bonchev–Trinajstić information content (AvgIpc) is 2.57. The number of benzene rings is 1. The molecule has 2 heterocycles. The van der Waals surface area contributed by atoms with Crippen molar-refractivity contribution in [1.29, 1.82) is 0 Å². The second-order valence-electron chi connectivity index (χ2n) is 5.68. The average molecular weight is 362 g/mol. The maximum Gasteiger partial charge on any atom is 0.236 e. The highest BCUT2D eigenvalue weighted by molar-refractivity contribution is 7.91. The van der Waals surface area contributed by atoms with Gasteiger partial charge in [0.1, 0.15) is 17.5 Å². The van der Waals surface area contributed by atoms with Crippen molar-refractivity contribution in [2.45, 2.75) is 11.5 Å². The van der Waals surface area contributed by atoms with Crippen molar-refractivity contribution in [2.75, 3.05) is 13.4 Å². The van der Waals surface area contributed by atoms with E-state index in [1.165, 1.54) is 19.5 Å². The van der Waals surface area contributed by atoms with Gasteiger partial charge in [-0.15, -0.1) is 0 Å². The normalized spacial score (nSPS) is 26.1. The summed E-state index contributed by atoms with van der Waals surface area (Å²) in [4.78, 5) is 20.9. The van der Waals surface area contributed by atoms with Crippen molar-refractivity contribution in [1.82, 2.24) is 10.6 Å². The van der Waals surface area contributed by atoms with E-state index in [-0.39, 0.29) is 11.7 Å². The fourth-order valence-electron chi connectivity index (χ4n) is 2.81. The second-order valence-corrected chi connectivity index (χ2v) is 7.78. The lowest BCUT2D eigenvalue weighted by Crippen LogP contribution is -2.51. The number of amides is 1. The number of hydrogen-bond acceptors (Lipinski definition) is 7. The van der Waals surface area contributed by atoms with Crippen LogP contribution in [0.1, 0.15) is 11.6 Å². The number of amidine groups is 1. The van der Waals surface area contributed by atoms with E-state index in [1.54, 1.807) is 30.3 Å². The Morgan fingerprint density at radius 2 is 2.00 bits per heavy atom. The lowest BCUT2D eigenvalue weighted by Gasteiger charge is -2.34. The van der Waals surface area contributed by atoms with Crippen LogP contribution in [-0.4, -0.2) is 45.2 Å². The molecule has 0 bridgehead atoms. The standard InChI is InChI=1S/C16H18N4O4S/c1-24-11-7-4-3-6-10(11)13-12-14(17-8-5-9-18-15(12)21)20-16(19-13)25(2,22)23/h3-9,12-13,16,19H,1-2H3,(H,18,21). The van der Waals surface area contributed by atoms with Crippen molar-refractivity contribution >= 4 is 27.8 Å². The van der Waals surface area contributed by atoms with Crippen molar-refractivity contribution in [3.63, 3.8) is 0 Å². The van der Waals surface area contributed by atoms with Crippen LogP contribution < -0.4 is 15.4 Å². The van der Waals surface area contributed by atoms with E-state index < -0.39 is 27.3 Å². The van der Waals surface area contributed by atoms with Crippen LogP contribution in [-0.2, 0) is 14.6 Å². The number of fused-ring (bicyclic) bond motifs is 1. The van der Waals surface area contributed by atoms with Gasteiger partial charge >= 0.3 is 0 Å². The Balaban J connectivity index is 2.16. The molecule has 0 aliphatic carbocycles. The van der Waals surface area contributed by atoms with Crippen molar-refractivity contribution < 1.29 is 17.9 Å². The van der Waals surface area contributed by atoms with Gasteiger partial charge < -0.3 is 10.1 Å². The lowest BCUT2D eigenvalue weighted by molar-refractivity contribution is -0.123. The molecular formula is C16H18N4O4S. The summed E-state index contributed by atoms with van der Waals surface area (Å²) in [6.45, 7) is 0. The van der Waals surface area contributed by atoms with Crippen LogP contribution in [0.4, 0.5) is 0 Å². The highest BCUT2D eigenvalue weighted by Gasteiger charge is 2.42. The third kappa shape index (κ3) is 3.47. The van der Waals surface area contributed by atoms with Gasteiger partial charge in [-0.05, 0) is 12.1 Å². The molecule has 25 heavy (non-hydrogen) atoms. The lowest BCUT2D eigenvalue weighted by atomic mass is 9.89. The SMILES string of the molecule is COc1ccccc1C1NC(S(C)(=O)=O)N=C2N=CC=CNC(=O)C21. The van der Waals surface area contributed by atoms with Gasteiger partial charge in [-0.2, -0.15) is 0 Å². The number of allylic oxidation sites excluding steroid dienone is 1. The van der Waals surface area contributed by atoms with E-state index in [0.29, 0.717) is 11.3 Å². The highest BCUT2D eigenvalue weighted by Crippen LogP contribution is 2.35. The zero-order valence-electron chi connectivity index (χ0n) is 13.7. The minimum Gasteiger partial charge on any atom is -0.496 e. The minimum absolute atomic E-state index is 0.159. The van der Waals surface area contributed by atoms with E-state index in [9.17, 15) is 13.2 Å². The number of nitrogens with zero attached hydrogens (tertiary/aromatic N) is 2. The number of nitrogens with one attached hydrogen (secondary N) is 2. The molecule has 9 heteroatoms. The quantitative estimate of drug-likeness (QED) is 0.809. The maximum atomic E-state index is 12.6. The third-order valence-corrected chi connectivity index (χ3v) is 5.01. The van der Waals surface area contributed by atoms with Gasteiger partial charge in [0, 0.05) is 24.2 Å². The molecule has 0 spiro atoms. The number of aliphatic imine (C=N–C) groups is 2. The molecule has 0 saturated heterocycles. The van der Waals surface area contributed by atoms with Crippen LogP contribution in [0.25, 0.3) is 0 Å². The van der Waals surface area contributed by atoms with E-state index in [0.717, 1.165) is 6.26 Å². The summed E-state index contributed by atoms with van der Waals surface area (Å²) >= 11 is 0. The first-order valence-corrected chi connectivity index (χ1v) is 9.52. The van der Waals surface area contributed by atoms with Crippen LogP contribution in [0.5, 0.6) is 5.75 Å². The van der Waals surface area contributed by atoms with E-state index in [2.05, 4.69) is 20.6 Å². The minimum atomic E-state index is -3.54. The van der Waals surface area contributed by atoms with Gasteiger partial charge in [-0.3, -0.25) is 10.1 Å². The van der Waals surface area contributed by atoms with Gasteiger partial charge in [-0.25, -0.2) is 18.4 Å². The Labute approximate surface area is 145 Å². The predicted molar refractivity (Wildman–Crippen MR) is 94.2 cm³/mol. The topological polar surface area (TPSA) is 109 Å². The zero-order valence-corrected chi connectivity index (χ0v) is 14.5. The maximum absolute atomic E-state index is 12.6. The third-order valence-electron chi connectivity index (χ3n) is 3.96. The Kier molecular flexibility index (Phi) is 4.69. The number of carbonyl (C=O) groups is 1. The van der Waals surface area contributed by atoms with Gasteiger partial charge in [0.15, 0.2) is 9.84 Å². The van der Waals surface area contributed by atoms with Gasteiger partial charge in [0.25, 0.3) is 0 Å². The molecule has 8 nitrogen and oxygen atoms in total. The number of hydrogen-bond donors (Lipinski definition) is 2. The predicted octanol–water partition coefficient (Wildman–Crippen LogP) is 0.397. The number of rotatable bonds is 3. The van der Waals surface area contributed by atoms with Gasteiger partial charge in [0.2, 0.25) is 11.4 Å². The summed E-state index contributed by atoms with van der Waals surface area (Å²) in [6, 6.07) is 6.47. The summed E-state index contributed by atoms with van der Waals surface area (Å²) in [7, 11) is -2.02. The molecule has 2 aliphatic heterocycles. The Hall–Kier alpha value is -2.52. The molecule has 3 atom stereocenters. The summed E-state index contributed by atoms with van der Waals surface area (Å²) in [5, 5.41) is 5.60. The highest BCUT2D eigenvalue weighted by atomic mass is 32.2. The van der Waals surface area contributed by atoms with Crippen molar-refractivity contribution in [3.8, 4) is 5.75 Å².